The molecule has 0 saturated heterocycles. The lowest BCUT2D eigenvalue weighted by Crippen LogP contribution is -2.45. The van der Waals surface area contributed by atoms with E-state index in [9.17, 15) is 4.79 Å². The van der Waals surface area contributed by atoms with Crippen LogP contribution in [0.3, 0.4) is 0 Å². The minimum atomic E-state index is -0.494. The summed E-state index contributed by atoms with van der Waals surface area (Å²) >= 11 is 0. The number of guanidine groups is 1. The number of carbonyl (C=O) groups excluding carboxylic acids is 1. The minimum Gasteiger partial charge on any atom is -0.461 e. The van der Waals surface area contributed by atoms with E-state index in [1.54, 1.807) is 0 Å². The van der Waals surface area contributed by atoms with Crippen molar-refractivity contribution >= 4 is 11.9 Å². The third kappa shape index (κ3) is 8.84. The van der Waals surface area contributed by atoms with Crippen LogP contribution in [0.4, 0.5) is 0 Å². The molecule has 0 amide bonds. The molecule has 0 fully saturated rings. The number of ether oxygens (including phenoxy) is 1. The second-order valence-corrected chi connectivity index (χ2v) is 4.80. The third-order valence-corrected chi connectivity index (χ3v) is 2.56. The molecule has 0 aromatic rings. The molecule has 0 aliphatic heterocycles. The van der Waals surface area contributed by atoms with Gasteiger partial charge in [0, 0.05) is 0 Å². The van der Waals surface area contributed by atoms with Crippen molar-refractivity contribution in [1.82, 2.24) is 5.32 Å². The molecule has 1 atom stereocenters. The molecular weight excluding hydrogens is 230 g/mol. The van der Waals surface area contributed by atoms with Crippen LogP contribution in [0.25, 0.3) is 0 Å². The van der Waals surface area contributed by atoms with Crippen LogP contribution in [0, 0.1) is 5.41 Å². The summed E-state index contributed by atoms with van der Waals surface area (Å²) in [6.45, 7) is 5.79. The highest BCUT2D eigenvalue weighted by atomic mass is 16.5. The van der Waals surface area contributed by atoms with Crippen LogP contribution >= 0.6 is 0 Å². The van der Waals surface area contributed by atoms with Gasteiger partial charge in [0.2, 0.25) is 0 Å². The van der Waals surface area contributed by atoms with Crippen LogP contribution in [-0.4, -0.2) is 24.1 Å². The van der Waals surface area contributed by atoms with Crippen LogP contribution in [-0.2, 0) is 9.53 Å². The average molecular weight is 257 g/mol. The van der Waals surface area contributed by atoms with Gasteiger partial charge in [-0.1, -0.05) is 39.0 Å². The Morgan fingerprint density at radius 3 is 2.39 bits per heavy atom. The van der Waals surface area contributed by atoms with E-state index in [2.05, 4.69) is 12.2 Å². The maximum atomic E-state index is 11.8. The number of nitrogens with one attached hydrogen (secondary N) is 2. The Kier molecular flexibility index (Phi) is 9.06. The molecular formula is C13H27N3O2. The molecule has 5 heteroatoms. The molecule has 0 saturated carbocycles. The van der Waals surface area contributed by atoms with Crippen molar-refractivity contribution in [3.8, 4) is 0 Å². The van der Waals surface area contributed by atoms with E-state index in [4.69, 9.17) is 15.9 Å². The first kappa shape index (κ1) is 16.7. The fourth-order valence-corrected chi connectivity index (χ4v) is 1.70. The zero-order valence-corrected chi connectivity index (χ0v) is 11.8. The normalized spacial score (nSPS) is 12.2. The summed E-state index contributed by atoms with van der Waals surface area (Å²) in [7, 11) is 0. The highest BCUT2D eigenvalue weighted by Gasteiger charge is 2.20. The van der Waals surface area contributed by atoms with Crippen LogP contribution in [0.15, 0.2) is 0 Å². The Morgan fingerprint density at radius 2 is 1.89 bits per heavy atom. The lowest BCUT2D eigenvalue weighted by molar-refractivity contribution is -0.149. The lowest BCUT2D eigenvalue weighted by Gasteiger charge is -2.19. The van der Waals surface area contributed by atoms with Gasteiger partial charge in [0.25, 0.3) is 0 Å². The molecule has 1 unspecified atom stereocenters. The minimum absolute atomic E-state index is 0.145. The van der Waals surface area contributed by atoms with Crippen LogP contribution in [0.1, 0.15) is 59.3 Å². The van der Waals surface area contributed by atoms with E-state index in [1.165, 1.54) is 19.3 Å². The number of esters is 1. The molecule has 18 heavy (non-hydrogen) atoms. The highest BCUT2D eigenvalue weighted by molar-refractivity contribution is 5.83. The first-order valence-corrected chi connectivity index (χ1v) is 6.78. The summed E-state index contributed by atoms with van der Waals surface area (Å²) in [5.41, 5.74) is 5.28. The van der Waals surface area contributed by atoms with Gasteiger partial charge in [0.05, 0.1) is 6.10 Å². The predicted molar refractivity (Wildman–Crippen MR) is 73.4 cm³/mol. The van der Waals surface area contributed by atoms with Crippen molar-refractivity contribution in [2.24, 2.45) is 5.73 Å². The summed E-state index contributed by atoms with van der Waals surface area (Å²) in [4.78, 5) is 11.8. The molecule has 0 aromatic heterocycles. The molecule has 0 spiro atoms. The fraction of sp³-hybridized carbons (Fsp3) is 0.846. The number of nitrogens with two attached hydrogens (primary N) is 1. The van der Waals surface area contributed by atoms with Gasteiger partial charge in [-0.3, -0.25) is 5.41 Å². The van der Waals surface area contributed by atoms with E-state index >= 15 is 0 Å². The standard InChI is InChI=1S/C13H27N3O2/c1-4-5-6-7-8-9-11(16-13(14)15)12(17)18-10(2)3/h10-11H,4-9H2,1-3H3,(H4,14,15,16). The van der Waals surface area contributed by atoms with Crippen molar-refractivity contribution < 1.29 is 9.53 Å². The van der Waals surface area contributed by atoms with E-state index in [0.717, 1.165) is 12.8 Å². The second kappa shape index (κ2) is 9.74. The largest absolute Gasteiger partial charge is 0.461 e. The summed E-state index contributed by atoms with van der Waals surface area (Å²) in [5, 5.41) is 9.87. The summed E-state index contributed by atoms with van der Waals surface area (Å²) in [6, 6.07) is -0.494. The van der Waals surface area contributed by atoms with Crippen LogP contribution < -0.4 is 11.1 Å². The Labute approximate surface area is 110 Å². The van der Waals surface area contributed by atoms with Gasteiger partial charge in [-0.05, 0) is 20.3 Å². The smallest absolute Gasteiger partial charge is 0.328 e. The molecule has 0 aliphatic carbocycles. The quantitative estimate of drug-likeness (QED) is 0.255. The lowest BCUT2D eigenvalue weighted by atomic mass is 10.1. The van der Waals surface area contributed by atoms with Crippen molar-refractivity contribution in [2.75, 3.05) is 0 Å². The van der Waals surface area contributed by atoms with Crippen LogP contribution in [0.2, 0.25) is 0 Å². The molecule has 4 N–H and O–H groups in total. The van der Waals surface area contributed by atoms with Crippen molar-refractivity contribution in [1.29, 1.82) is 5.41 Å². The molecule has 0 heterocycles. The Balaban J connectivity index is 4.06. The number of carbonyl (C=O) groups is 1. The van der Waals surface area contributed by atoms with Gasteiger partial charge in [-0.25, -0.2) is 4.79 Å². The third-order valence-electron chi connectivity index (χ3n) is 2.56. The van der Waals surface area contributed by atoms with Gasteiger partial charge in [-0.2, -0.15) is 0 Å². The number of rotatable bonds is 9. The van der Waals surface area contributed by atoms with E-state index < -0.39 is 6.04 Å². The summed E-state index contributed by atoms with van der Waals surface area (Å²) in [6.07, 6.45) is 6.16. The van der Waals surface area contributed by atoms with E-state index in [-0.39, 0.29) is 18.0 Å². The zero-order chi connectivity index (χ0) is 14.0. The Hall–Kier alpha value is -1.26. The molecule has 5 nitrogen and oxygen atoms in total. The van der Waals surface area contributed by atoms with Crippen LogP contribution in [0.5, 0.6) is 0 Å². The first-order valence-electron chi connectivity index (χ1n) is 6.78. The Bertz CT molecular complexity index is 255. The molecule has 0 radical (unpaired) electrons. The van der Waals surface area contributed by atoms with E-state index in [0.29, 0.717) is 6.42 Å². The average Bonchev–Trinajstić information content (AvgIpc) is 2.25. The number of unbranched alkanes of at least 4 members (excludes halogenated alkanes) is 4. The van der Waals surface area contributed by atoms with Crippen molar-refractivity contribution in [3.05, 3.63) is 0 Å². The zero-order valence-electron chi connectivity index (χ0n) is 11.8. The van der Waals surface area contributed by atoms with Gasteiger partial charge in [0.1, 0.15) is 6.04 Å². The van der Waals surface area contributed by atoms with E-state index in [1.807, 2.05) is 13.8 Å². The monoisotopic (exact) mass is 257 g/mol. The summed E-state index contributed by atoms with van der Waals surface area (Å²) < 4.78 is 5.14. The van der Waals surface area contributed by atoms with Crippen molar-refractivity contribution in [2.45, 2.75) is 71.4 Å². The molecule has 0 aromatic carbocycles. The molecule has 106 valence electrons. The topological polar surface area (TPSA) is 88.2 Å². The number of hydrogen-bond donors (Lipinski definition) is 3. The van der Waals surface area contributed by atoms with Gasteiger partial charge < -0.3 is 15.8 Å². The van der Waals surface area contributed by atoms with Gasteiger partial charge in [0.15, 0.2) is 5.96 Å². The first-order chi connectivity index (χ1) is 8.47. The Morgan fingerprint density at radius 1 is 1.28 bits per heavy atom. The fourth-order valence-electron chi connectivity index (χ4n) is 1.70. The maximum absolute atomic E-state index is 11.8. The second-order valence-electron chi connectivity index (χ2n) is 4.80. The maximum Gasteiger partial charge on any atom is 0.328 e. The molecule has 0 aliphatic rings. The predicted octanol–water partition coefficient (Wildman–Crippen LogP) is 2.15. The molecule has 0 bridgehead atoms. The molecule has 0 rings (SSSR count). The van der Waals surface area contributed by atoms with Gasteiger partial charge in [-0.15, -0.1) is 0 Å². The van der Waals surface area contributed by atoms with Gasteiger partial charge >= 0.3 is 5.97 Å². The highest BCUT2D eigenvalue weighted by Crippen LogP contribution is 2.09. The summed E-state index contributed by atoms with van der Waals surface area (Å²) in [5.74, 6) is -0.509. The SMILES string of the molecule is CCCCCCCC(NC(=N)N)C(=O)OC(C)C. The number of hydrogen-bond acceptors (Lipinski definition) is 3. The van der Waals surface area contributed by atoms with Crippen molar-refractivity contribution in [3.63, 3.8) is 0 Å².